The maximum Gasteiger partial charge on any atom is 0.343 e. The minimum absolute atomic E-state index is 0.388. The average molecular weight is 515 g/mol. The molecule has 0 N–H and O–H groups in total. The number of allylic oxidation sites excluding steroid dienone is 1. The first-order valence-electron chi connectivity index (χ1n) is 14.0. The second-order valence-corrected chi connectivity index (χ2v) is 9.83. The quantitative estimate of drug-likeness (QED) is 0.0779. The molecule has 0 saturated carbocycles. The lowest BCUT2D eigenvalue weighted by Crippen LogP contribution is -2.09. The summed E-state index contributed by atoms with van der Waals surface area (Å²) in [5.74, 6) is 2.27. The molecule has 3 aromatic carbocycles. The van der Waals surface area contributed by atoms with Gasteiger partial charge in [0.25, 0.3) is 0 Å². The molecule has 202 valence electrons. The summed E-state index contributed by atoms with van der Waals surface area (Å²) in [5, 5.41) is 0. The fourth-order valence-corrected chi connectivity index (χ4v) is 3.96. The first-order chi connectivity index (χ1) is 18.6. The molecule has 0 radical (unpaired) electrons. The van der Waals surface area contributed by atoms with Gasteiger partial charge in [-0.25, -0.2) is 4.79 Å². The van der Waals surface area contributed by atoms with Gasteiger partial charge >= 0.3 is 5.97 Å². The molecule has 0 amide bonds. The Balaban J connectivity index is 1.41. The van der Waals surface area contributed by atoms with Crippen LogP contribution in [-0.4, -0.2) is 19.2 Å². The maximum atomic E-state index is 12.5. The molecule has 0 aliphatic heterocycles. The monoisotopic (exact) mass is 514 g/mol. The molecule has 38 heavy (non-hydrogen) atoms. The van der Waals surface area contributed by atoms with E-state index in [9.17, 15) is 4.79 Å². The van der Waals surface area contributed by atoms with Gasteiger partial charge in [0, 0.05) is 0 Å². The van der Waals surface area contributed by atoms with Gasteiger partial charge in [0.1, 0.15) is 17.2 Å². The van der Waals surface area contributed by atoms with Gasteiger partial charge < -0.3 is 14.2 Å². The van der Waals surface area contributed by atoms with Crippen LogP contribution in [0, 0.1) is 5.92 Å². The van der Waals surface area contributed by atoms with E-state index in [1.165, 1.54) is 32.1 Å². The Morgan fingerprint density at radius 2 is 1.26 bits per heavy atom. The van der Waals surface area contributed by atoms with Crippen molar-refractivity contribution in [2.24, 2.45) is 5.92 Å². The van der Waals surface area contributed by atoms with Crippen LogP contribution in [0.15, 0.2) is 85.5 Å². The molecular weight excluding hydrogens is 472 g/mol. The third-order valence-corrected chi connectivity index (χ3v) is 6.65. The van der Waals surface area contributed by atoms with E-state index in [1.807, 2.05) is 54.6 Å². The molecule has 0 spiro atoms. The summed E-state index contributed by atoms with van der Waals surface area (Å²) in [6.07, 6.45) is 11.6. The highest BCUT2D eigenvalue weighted by molar-refractivity contribution is 5.91. The van der Waals surface area contributed by atoms with Crippen molar-refractivity contribution in [1.82, 2.24) is 0 Å². The van der Waals surface area contributed by atoms with Crippen molar-refractivity contribution in [2.45, 2.75) is 65.2 Å². The number of ether oxygens (including phenoxy) is 3. The Labute approximate surface area is 228 Å². The fourth-order valence-electron chi connectivity index (χ4n) is 3.96. The van der Waals surface area contributed by atoms with E-state index in [0.29, 0.717) is 23.8 Å². The van der Waals surface area contributed by atoms with Crippen molar-refractivity contribution in [3.63, 3.8) is 0 Å². The molecule has 3 aromatic rings. The second kappa shape index (κ2) is 16.3. The number of unbranched alkanes of at least 4 members (excludes halogenated alkanes) is 6. The first kappa shape index (κ1) is 29.0. The molecule has 0 saturated heterocycles. The lowest BCUT2D eigenvalue weighted by molar-refractivity contribution is 0.0734. The Hall–Kier alpha value is -3.53. The zero-order chi connectivity index (χ0) is 27.0. The molecule has 1 atom stereocenters. The normalized spacial score (nSPS) is 11.5. The van der Waals surface area contributed by atoms with Gasteiger partial charge in [0.05, 0.1) is 18.8 Å². The summed E-state index contributed by atoms with van der Waals surface area (Å²) in [6, 6.07) is 22.8. The van der Waals surface area contributed by atoms with Gasteiger partial charge in [-0.1, -0.05) is 76.3 Å². The van der Waals surface area contributed by atoms with Crippen LogP contribution in [0.2, 0.25) is 0 Å². The predicted octanol–water partition coefficient (Wildman–Crippen LogP) is 9.29. The molecule has 0 aliphatic carbocycles. The van der Waals surface area contributed by atoms with Gasteiger partial charge in [-0.05, 0) is 84.8 Å². The van der Waals surface area contributed by atoms with Crippen LogP contribution in [0.1, 0.15) is 75.6 Å². The topological polar surface area (TPSA) is 44.8 Å². The SMILES string of the molecule is C=CCCCCCCCCOc1ccc(-c2ccc(OC(=O)c3ccc(OC[C@@H](C)CC)cc3)cc2)cc1. The van der Waals surface area contributed by atoms with Crippen molar-refractivity contribution in [3.05, 3.63) is 91.0 Å². The first-order valence-corrected chi connectivity index (χ1v) is 14.0. The van der Waals surface area contributed by atoms with Crippen molar-refractivity contribution >= 4 is 5.97 Å². The van der Waals surface area contributed by atoms with E-state index in [-0.39, 0.29) is 5.97 Å². The Morgan fingerprint density at radius 1 is 0.737 bits per heavy atom. The van der Waals surface area contributed by atoms with E-state index in [2.05, 4.69) is 32.6 Å². The van der Waals surface area contributed by atoms with E-state index in [1.54, 1.807) is 12.1 Å². The number of benzene rings is 3. The molecule has 0 bridgehead atoms. The number of carbonyl (C=O) groups excluding carboxylic acids is 1. The van der Waals surface area contributed by atoms with Crippen LogP contribution in [0.5, 0.6) is 17.2 Å². The Morgan fingerprint density at radius 3 is 1.87 bits per heavy atom. The summed E-state index contributed by atoms with van der Waals surface area (Å²) in [7, 11) is 0. The van der Waals surface area contributed by atoms with Crippen LogP contribution < -0.4 is 14.2 Å². The summed E-state index contributed by atoms with van der Waals surface area (Å²) in [6.45, 7) is 9.48. The zero-order valence-electron chi connectivity index (χ0n) is 23.0. The number of esters is 1. The Bertz CT molecular complexity index is 1080. The van der Waals surface area contributed by atoms with Gasteiger partial charge in [-0.2, -0.15) is 0 Å². The van der Waals surface area contributed by atoms with Crippen LogP contribution in [0.25, 0.3) is 11.1 Å². The lowest BCUT2D eigenvalue weighted by Gasteiger charge is -2.11. The summed E-state index contributed by atoms with van der Waals surface area (Å²) >= 11 is 0. The average Bonchev–Trinajstić information content (AvgIpc) is 2.96. The molecule has 0 heterocycles. The van der Waals surface area contributed by atoms with Crippen LogP contribution >= 0.6 is 0 Å². The standard InChI is InChI=1S/C34H42O4/c1-4-6-7-8-9-10-11-12-25-36-31-19-13-28(14-20-31)29-15-23-33(24-16-29)38-34(35)30-17-21-32(22-18-30)37-26-27(3)5-2/h4,13-24,27H,1,5-12,25-26H2,2-3H3/t27-/m0/s1. The smallest absolute Gasteiger partial charge is 0.343 e. The summed E-state index contributed by atoms with van der Waals surface area (Å²) in [5.41, 5.74) is 2.63. The molecule has 0 aromatic heterocycles. The minimum atomic E-state index is -0.388. The molecule has 3 rings (SSSR count). The lowest BCUT2D eigenvalue weighted by atomic mass is 10.1. The largest absolute Gasteiger partial charge is 0.494 e. The highest BCUT2D eigenvalue weighted by atomic mass is 16.5. The van der Waals surface area contributed by atoms with E-state index in [4.69, 9.17) is 14.2 Å². The van der Waals surface area contributed by atoms with Crippen LogP contribution in [0.3, 0.4) is 0 Å². The molecular formula is C34H42O4. The predicted molar refractivity (Wildman–Crippen MR) is 156 cm³/mol. The zero-order valence-corrected chi connectivity index (χ0v) is 23.0. The second-order valence-electron chi connectivity index (χ2n) is 9.83. The molecule has 4 nitrogen and oxygen atoms in total. The highest BCUT2D eigenvalue weighted by Crippen LogP contribution is 2.25. The number of rotatable bonds is 17. The van der Waals surface area contributed by atoms with Gasteiger partial charge in [0.15, 0.2) is 0 Å². The van der Waals surface area contributed by atoms with E-state index >= 15 is 0 Å². The van der Waals surface area contributed by atoms with E-state index in [0.717, 1.165) is 48.5 Å². The third kappa shape index (κ3) is 10.1. The summed E-state index contributed by atoms with van der Waals surface area (Å²) in [4.78, 5) is 12.5. The fraction of sp³-hybridized carbons (Fsp3) is 0.382. The van der Waals surface area contributed by atoms with Gasteiger partial charge in [-0.15, -0.1) is 6.58 Å². The number of hydrogen-bond acceptors (Lipinski definition) is 4. The van der Waals surface area contributed by atoms with Crippen molar-refractivity contribution in [2.75, 3.05) is 13.2 Å². The van der Waals surface area contributed by atoms with Gasteiger partial charge in [-0.3, -0.25) is 0 Å². The minimum Gasteiger partial charge on any atom is -0.494 e. The van der Waals surface area contributed by atoms with Crippen molar-refractivity contribution in [1.29, 1.82) is 0 Å². The molecule has 0 unspecified atom stereocenters. The van der Waals surface area contributed by atoms with E-state index < -0.39 is 0 Å². The highest BCUT2D eigenvalue weighted by Gasteiger charge is 2.10. The molecule has 4 heteroatoms. The number of carbonyl (C=O) groups is 1. The van der Waals surface area contributed by atoms with Crippen LogP contribution in [-0.2, 0) is 0 Å². The summed E-state index contributed by atoms with van der Waals surface area (Å²) < 4.78 is 17.2. The Kier molecular flexibility index (Phi) is 12.5. The molecule has 0 fully saturated rings. The van der Waals surface area contributed by atoms with Crippen molar-refractivity contribution < 1.29 is 19.0 Å². The number of hydrogen-bond donors (Lipinski definition) is 0. The van der Waals surface area contributed by atoms with Crippen molar-refractivity contribution in [3.8, 4) is 28.4 Å². The molecule has 0 aliphatic rings. The van der Waals surface area contributed by atoms with Crippen LogP contribution in [0.4, 0.5) is 0 Å². The third-order valence-electron chi connectivity index (χ3n) is 6.65. The van der Waals surface area contributed by atoms with Gasteiger partial charge in [0.2, 0.25) is 0 Å². The maximum absolute atomic E-state index is 12.5.